The van der Waals surface area contributed by atoms with Gasteiger partial charge in [0, 0.05) is 37.3 Å². The van der Waals surface area contributed by atoms with Crippen LogP contribution in [-0.4, -0.2) is 32.2 Å². The minimum Gasteiger partial charge on any atom is -0.481 e. The molecule has 1 unspecified atom stereocenters. The number of pyridine rings is 1. The molecule has 4 rings (SSSR count). The van der Waals surface area contributed by atoms with Crippen LogP contribution in [0, 0.1) is 5.82 Å². The number of aromatic nitrogens is 3. The lowest BCUT2D eigenvalue weighted by Crippen LogP contribution is -2.13. The molecule has 0 amide bonds. The number of hydrogen-bond acceptors (Lipinski definition) is 4. The number of anilines is 1. The maximum absolute atomic E-state index is 13.6. The zero-order chi connectivity index (χ0) is 21.6. The number of halogens is 1. The fourth-order valence-electron chi connectivity index (χ4n) is 3.86. The summed E-state index contributed by atoms with van der Waals surface area (Å²) in [7, 11) is 0. The number of aryl methyl sites for hydroxylation is 1. The lowest BCUT2D eigenvalue weighted by Gasteiger charge is -2.17. The topological polar surface area (TPSA) is 80.0 Å². The molecule has 2 N–H and O–H groups in total. The summed E-state index contributed by atoms with van der Waals surface area (Å²) in [6.45, 7) is 1.38. The molecule has 3 aromatic rings. The van der Waals surface area contributed by atoms with Crippen LogP contribution < -0.4 is 5.32 Å². The van der Waals surface area contributed by atoms with Crippen molar-refractivity contribution in [2.45, 2.75) is 38.1 Å². The molecule has 0 fully saturated rings. The van der Waals surface area contributed by atoms with Gasteiger partial charge in [-0.1, -0.05) is 24.3 Å². The van der Waals surface area contributed by atoms with Crippen molar-refractivity contribution in [3.8, 4) is 0 Å². The third-order valence-corrected chi connectivity index (χ3v) is 5.39. The zero-order valence-corrected chi connectivity index (χ0v) is 17.2. The molecule has 1 atom stereocenters. The van der Waals surface area contributed by atoms with Crippen molar-refractivity contribution in [1.82, 2.24) is 14.5 Å². The Kier molecular flexibility index (Phi) is 6.40. The van der Waals surface area contributed by atoms with E-state index in [1.807, 2.05) is 22.9 Å². The monoisotopic (exact) mass is 420 g/mol. The number of carboxylic acids is 1. The van der Waals surface area contributed by atoms with E-state index in [0.717, 1.165) is 36.6 Å². The van der Waals surface area contributed by atoms with Gasteiger partial charge in [0.2, 0.25) is 0 Å². The number of rotatable bonds is 8. The number of aliphatic carboxylic acids is 1. The highest BCUT2D eigenvalue weighted by atomic mass is 19.1. The van der Waals surface area contributed by atoms with Crippen LogP contribution in [0.1, 0.15) is 41.3 Å². The minimum atomic E-state index is -0.915. The largest absolute Gasteiger partial charge is 0.481 e. The fraction of sp³-hybridized carbons (Fsp3) is 0.292. The van der Waals surface area contributed by atoms with Gasteiger partial charge in [-0.25, -0.2) is 14.4 Å². The van der Waals surface area contributed by atoms with Crippen molar-refractivity contribution in [1.29, 1.82) is 0 Å². The van der Waals surface area contributed by atoms with Crippen LogP contribution in [0.2, 0.25) is 0 Å². The van der Waals surface area contributed by atoms with Gasteiger partial charge in [-0.15, -0.1) is 0 Å². The molecular weight excluding hydrogens is 395 g/mol. The molecule has 0 aliphatic carbocycles. The predicted octanol–water partition coefficient (Wildman–Crippen LogP) is 4.29. The summed E-state index contributed by atoms with van der Waals surface area (Å²) in [6, 6.07) is 10.3. The number of fused-ring (bicyclic) bond motifs is 1. The van der Waals surface area contributed by atoms with Crippen LogP contribution in [0.4, 0.5) is 10.2 Å². The van der Waals surface area contributed by atoms with Crippen molar-refractivity contribution in [3.05, 3.63) is 83.3 Å². The maximum Gasteiger partial charge on any atom is 0.304 e. The van der Waals surface area contributed by atoms with Gasteiger partial charge in [0.1, 0.15) is 11.6 Å². The smallest absolute Gasteiger partial charge is 0.304 e. The number of hydrogen-bond donors (Lipinski definition) is 2. The van der Waals surface area contributed by atoms with Gasteiger partial charge < -0.3 is 15.0 Å². The first-order chi connectivity index (χ1) is 15.1. The summed E-state index contributed by atoms with van der Waals surface area (Å²) in [5, 5.41) is 12.6. The third kappa shape index (κ3) is 5.57. The van der Waals surface area contributed by atoms with Gasteiger partial charge in [0.25, 0.3) is 0 Å². The molecule has 3 heterocycles. The maximum atomic E-state index is 13.6. The molecule has 6 nitrogen and oxygen atoms in total. The lowest BCUT2D eigenvalue weighted by atomic mass is 9.95. The second kappa shape index (κ2) is 9.55. The highest BCUT2D eigenvalue weighted by molar-refractivity contribution is 5.68. The number of carboxylic acid groups (broad SMARTS) is 1. The molecule has 7 heteroatoms. The zero-order valence-electron chi connectivity index (χ0n) is 17.2. The average molecular weight is 420 g/mol. The van der Waals surface area contributed by atoms with Gasteiger partial charge in [-0.05, 0) is 48.2 Å². The summed E-state index contributed by atoms with van der Waals surface area (Å²) < 4.78 is 15.4. The van der Waals surface area contributed by atoms with Gasteiger partial charge in [-0.3, -0.25) is 4.79 Å². The first kappa shape index (κ1) is 20.8. The quantitative estimate of drug-likeness (QED) is 0.568. The lowest BCUT2D eigenvalue weighted by molar-refractivity contribution is -0.137. The summed E-state index contributed by atoms with van der Waals surface area (Å²) in [5.74, 6) is -0.635. The SMILES string of the molecule is O=C(O)CC(Cn1cnc(C=CCc2ccc3c(n2)NCCC3)c1)c1cccc(F)c1. The first-order valence-corrected chi connectivity index (χ1v) is 10.4. The van der Waals surface area contributed by atoms with E-state index in [0.29, 0.717) is 18.5 Å². The van der Waals surface area contributed by atoms with Crippen molar-refractivity contribution in [3.63, 3.8) is 0 Å². The summed E-state index contributed by atoms with van der Waals surface area (Å²) in [4.78, 5) is 20.4. The van der Waals surface area contributed by atoms with E-state index in [1.54, 1.807) is 18.5 Å². The summed E-state index contributed by atoms with van der Waals surface area (Å²) in [6.07, 6.45) is 10.3. The van der Waals surface area contributed by atoms with E-state index in [4.69, 9.17) is 0 Å². The Balaban J connectivity index is 1.40. The highest BCUT2D eigenvalue weighted by Gasteiger charge is 2.17. The van der Waals surface area contributed by atoms with Crippen LogP contribution in [0.5, 0.6) is 0 Å². The normalized spacial score (nSPS) is 14.2. The number of nitrogens with zero attached hydrogens (tertiary/aromatic N) is 3. The molecule has 0 bridgehead atoms. The Hall–Kier alpha value is -3.48. The molecule has 160 valence electrons. The van der Waals surface area contributed by atoms with Gasteiger partial charge in [-0.2, -0.15) is 0 Å². The van der Waals surface area contributed by atoms with E-state index in [1.165, 1.54) is 17.7 Å². The van der Waals surface area contributed by atoms with E-state index < -0.39 is 5.97 Å². The number of allylic oxidation sites excluding steroid dienone is 1. The number of imidazole rings is 1. The molecule has 2 aromatic heterocycles. The van der Waals surface area contributed by atoms with Crippen LogP contribution in [0.25, 0.3) is 6.08 Å². The molecule has 0 saturated heterocycles. The van der Waals surface area contributed by atoms with Gasteiger partial charge in [0.15, 0.2) is 0 Å². The van der Waals surface area contributed by atoms with E-state index in [2.05, 4.69) is 27.4 Å². The van der Waals surface area contributed by atoms with E-state index in [9.17, 15) is 14.3 Å². The van der Waals surface area contributed by atoms with Crippen molar-refractivity contribution in [2.75, 3.05) is 11.9 Å². The second-order valence-electron chi connectivity index (χ2n) is 7.79. The number of carbonyl (C=O) groups is 1. The average Bonchev–Trinajstić information content (AvgIpc) is 3.20. The van der Waals surface area contributed by atoms with Crippen LogP contribution >= 0.6 is 0 Å². The Morgan fingerprint density at radius 3 is 3.06 bits per heavy atom. The highest BCUT2D eigenvalue weighted by Crippen LogP contribution is 2.23. The van der Waals surface area contributed by atoms with Crippen molar-refractivity contribution in [2.24, 2.45) is 0 Å². The Bertz CT molecular complexity index is 1090. The Morgan fingerprint density at radius 2 is 2.23 bits per heavy atom. The molecule has 0 saturated carbocycles. The van der Waals surface area contributed by atoms with Gasteiger partial charge in [0.05, 0.1) is 18.4 Å². The molecule has 31 heavy (non-hydrogen) atoms. The number of benzene rings is 1. The molecule has 1 aliphatic heterocycles. The molecule has 1 aromatic carbocycles. The minimum absolute atomic E-state index is 0.0785. The Morgan fingerprint density at radius 1 is 1.32 bits per heavy atom. The standard InChI is InChI=1S/C24H25FN4O2/c25-20-6-1-4-18(12-20)19(13-23(30)31)14-29-15-22(27-16-29)8-2-7-21-10-9-17-5-3-11-26-24(17)28-21/h1-2,4,6,8-10,12,15-16,19H,3,5,7,11,13-14H2,(H,26,28)(H,30,31). The van der Waals surface area contributed by atoms with Crippen molar-refractivity contribution >= 4 is 17.9 Å². The third-order valence-electron chi connectivity index (χ3n) is 5.39. The van der Waals surface area contributed by atoms with Gasteiger partial charge >= 0.3 is 5.97 Å². The summed E-state index contributed by atoms with van der Waals surface area (Å²) in [5.41, 5.74) is 3.72. The van der Waals surface area contributed by atoms with Crippen LogP contribution in [-0.2, 0) is 24.2 Å². The molecule has 0 spiro atoms. The summed E-state index contributed by atoms with van der Waals surface area (Å²) >= 11 is 0. The fourth-order valence-corrected chi connectivity index (χ4v) is 3.86. The molecular formula is C24H25FN4O2. The molecule has 1 aliphatic rings. The van der Waals surface area contributed by atoms with Crippen molar-refractivity contribution < 1.29 is 14.3 Å². The van der Waals surface area contributed by atoms with Crippen LogP contribution in [0.15, 0.2) is 55.0 Å². The second-order valence-corrected chi connectivity index (χ2v) is 7.79. The molecule has 0 radical (unpaired) electrons. The number of nitrogens with one attached hydrogen (secondary N) is 1. The Labute approximate surface area is 180 Å². The predicted molar refractivity (Wildman–Crippen MR) is 117 cm³/mol. The van der Waals surface area contributed by atoms with E-state index in [-0.39, 0.29) is 18.2 Å². The first-order valence-electron chi connectivity index (χ1n) is 10.4. The van der Waals surface area contributed by atoms with E-state index >= 15 is 0 Å². The van der Waals surface area contributed by atoms with Crippen LogP contribution in [0.3, 0.4) is 0 Å².